The Hall–Kier alpha value is -3.13. The molecule has 0 bridgehead atoms. The predicted octanol–water partition coefficient (Wildman–Crippen LogP) is 2.28. The second-order valence-corrected chi connectivity index (χ2v) is 6.17. The highest BCUT2D eigenvalue weighted by molar-refractivity contribution is 5.95. The molecule has 5 heteroatoms. The van der Waals surface area contributed by atoms with Crippen LogP contribution in [0.25, 0.3) is 0 Å². The van der Waals surface area contributed by atoms with Gasteiger partial charge in [0.25, 0.3) is 5.91 Å². The summed E-state index contributed by atoms with van der Waals surface area (Å²) in [6.45, 7) is 1.07. The first-order valence-electron chi connectivity index (χ1n) is 8.24. The number of carbonyl (C=O) groups excluding carboxylic acids is 2. The van der Waals surface area contributed by atoms with E-state index in [1.807, 2.05) is 36.4 Å². The van der Waals surface area contributed by atoms with E-state index >= 15 is 0 Å². The van der Waals surface area contributed by atoms with E-state index in [1.165, 1.54) is 0 Å². The number of hydrogen-bond donors (Lipinski definition) is 1. The summed E-state index contributed by atoms with van der Waals surface area (Å²) in [6.07, 6.45) is 0.588. The monoisotopic (exact) mass is 333 g/mol. The summed E-state index contributed by atoms with van der Waals surface area (Å²) in [7, 11) is 0. The summed E-state index contributed by atoms with van der Waals surface area (Å²) in [5.74, 6) is -0.161. The largest absolute Gasteiger partial charge is 0.347 e. The van der Waals surface area contributed by atoms with Gasteiger partial charge >= 0.3 is 0 Å². The molecule has 0 saturated carbocycles. The summed E-state index contributed by atoms with van der Waals surface area (Å²) in [4.78, 5) is 26.4. The zero-order valence-corrected chi connectivity index (χ0v) is 13.8. The van der Waals surface area contributed by atoms with Crippen LogP contribution in [-0.4, -0.2) is 29.3 Å². The van der Waals surface area contributed by atoms with Crippen molar-refractivity contribution in [2.24, 2.45) is 0 Å². The zero-order chi connectivity index (χ0) is 17.6. The van der Waals surface area contributed by atoms with Crippen molar-refractivity contribution < 1.29 is 9.59 Å². The number of rotatable bonds is 5. The molecule has 2 aromatic rings. The molecule has 0 radical (unpaired) electrons. The van der Waals surface area contributed by atoms with Crippen molar-refractivity contribution in [2.45, 2.75) is 25.4 Å². The number of likely N-dealkylation sites (tertiary alicyclic amines) is 1. The van der Waals surface area contributed by atoms with Gasteiger partial charge in [-0.1, -0.05) is 42.5 Å². The van der Waals surface area contributed by atoms with Crippen molar-refractivity contribution in [1.82, 2.24) is 10.2 Å². The number of hydrogen-bond acceptors (Lipinski definition) is 3. The molecule has 1 fully saturated rings. The van der Waals surface area contributed by atoms with Crippen molar-refractivity contribution in [3.63, 3.8) is 0 Å². The third-order valence-electron chi connectivity index (χ3n) is 4.24. The summed E-state index contributed by atoms with van der Waals surface area (Å²) in [5, 5.41) is 11.7. The molecule has 1 aliphatic rings. The van der Waals surface area contributed by atoms with E-state index in [-0.39, 0.29) is 24.3 Å². The van der Waals surface area contributed by atoms with Crippen molar-refractivity contribution in [3.8, 4) is 6.07 Å². The fourth-order valence-electron chi connectivity index (χ4n) is 3.01. The highest BCUT2D eigenvalue weighted by Crippen LogP contribution is 2.16. The van der Waals surface area contributed by atoms with Crippen molar-refractivity contribution in [1.29, 1.82) is 5.26 Å². The van der Waals surface area contributed by atoms with E-state index in [2.05, 4.69) is 11.4 Å². The van der Waals surface area contributed by atoms with Gasteiger partial charge in [-0.15, -0.1) is 0 Å². The number of nitrogens with one attached hydrogen (secondary N) is 1. The van der Waals surface area contributed by atoms with Crippen LogP contribution in [0.2, 0.25) is 0 Å². The lowest BCUT2D eigenvalue weighted by atomic mass is 10.1. The minimum absolute atomic E-state index is 0.0485. The van der Waals surface area contributed by atoms with E-state index in [0.717, 1.165) is 11.1 Å². The van der Waals surface area contributed by atoms with Gasteiger partial charge in [0.1, 0.15) is 0 Å². The maximum Gasteiger partial charge on any atom is 0.251 e. The summed E-state index contributed by atoms with van der Waals surface area (Å²) < 4.78 is 0. The SMILES string of the molecule is N#CCc1cccc(C(=O)N[C@@H]2CC(=O)N(Cc3ccccc3)C2)c1. The Labute approximate surface area is 146 Å². The highest BCUT2D eigenvalue weighted by Gasteiger charge is 2.30. The highest BCUT2D eigenvalue weighted by atomic mass is 16.2. The standard InChI is InChI=1S/C20H19N3O2/c21-10-9-15-7-4-8-17(11-15)20(25)22-18-12-19(24)23(14-18)13-16-5-2-1-3-6-16/h1-8,11,18H,9,12-14H2,(H,22,25)/t18-/m1/s1. The molecule has 0 spiro atoms. The molecule has 0 aromatic heterocycles. The quantitative estimate of drug-likeness (QED) is 0.912. The van der Waals surface area contributed by atoms with Crippen LogP contribution in [0.1, 0.15) is 27.9 Å². The van der Waals surface area contributed by atoms with Crippen LogP contribution in [0.15, 0.2) is 54.6 Å². The second kappa shape index (κ2) is 7.63. The van der Waals surface area contributed by atoms with Gasteiger partial charge in [-0.05, 0) is 23.3 Å². The average molecular weight is 333 g/mol. The van der Waals surface area contributed by atoms with Crippen LogP contribution in [0.3, 0.4) is 0 Å². The molecular formula is C20H19N3O2. The van der Waals surface area contributed by atoms with Gasteiger partial charge < -0.3 is 10.2 Å². The Morgan fingerprint density at radius 2 is 1.92 bits per heavy atom. The van der Waals surface area contributed by atoms with E-state index in [9.17, 15) is 9.59 Å². The Bertz CT molecular complexity index is 811. The molecule has 0 unspecified atom stereocenters. The van der Waals surface area contributed by atoms with Gasteiger partial charge in [0.2, 0.25) is 5.91 Å². The first-order valence-corrected chi connectivity index (χ1v) is 8.24. The molecular weight excluding hydrogens is 314 g/mol. The first-order chi connectivity index (χ1) is 12.2. The second-order valence-electron chi connectivity index (χ2n) is 6.17. The Kier molecular flexibility index (Phi) is 5.10. The van der Waals surface area contributed by atoms with Crippen LogP contribution >= 0.6 is 0 Å². The van der Waals surface area contributed by atoms with E-state index in [1.54, 1.807) is 23.1 Å². The minimum atomic E-state index is -0.209. The predicted molar refractivity (Wildman–Crippen MR) is 93.5 cm³/mol. The van der Waals surface area contributed by atoms with Crippen LogP contribution in [0.4, 0.5) is 0 Å². The lowest BCUT2D eigenvalue weighted by molar-refractivity contribution is -0.128. The topological polar surface area (TPSA) is 73.2 Å². The molecule has 3 rings (SSSR count). The third-order valence-corrected chi connectivity index (χ3v) is 4.24. The molecule has 126 valence electrons. The molecule has 2 amide bonds. The van der Waals surface area contributed by atoms with Crippen molar-refractivity contribution >= 4 is 11.8 Å². The Balaban J connectivity index is 1.60. The molecule has 1 aliphatic heterocycles. The van der Waals surface area contributed by atoms with Crippen molar-refractivity contribution in [2.75, 3.05) is 6.54 Å². The fraction of sp³-hybridized carbons (Fsp3) is 0.250. The van der Waals surface area contributed by atoms with Crippen LogP contribution in [-0.2, 0) is 17.8 Å². The third kappa shape index (κ3) is 4.24. The maximum absolute atomic E-state index is 12.4. The van der Waals surface area contributed by atoms with E-state index in [0.29, 0.717) is 25.1 Å². The fourth-order valence-corrected chi connectivity index (χ4v) is 3.01. The summed E-state index contributed by atoms with van der Waals surface area (Å²) in [5.41, 5.74) is 2.40. The van der Waals surface area contributed by atoms with E-state index in [4.69, 9.17) is 5.26 Å². The molecule has 5 nitrogen and oxygen atoms in total. The summed E-state index contributed by atoms with van der Waals surface area (Å²) >= 11 is 0. The molecule has 1 N–H and O–H groups in total. The lowest BCUT2D eigenvalue weighted by Crippen LogP contribution is -2.37. The molecule has 25 heavy (non-hydrogen) atoms. The maximum atomic E-state index is 12.4. The van der Waals surface area contributed by atoms with E-state index < -0.39 is 0 Å². The number of carbonyl (C=O) groups is 2. The molecule has 1 heterocycles. The lowest BCUT2D eigenvalue weighted by Gasteiger charge is -2.17. The normalized spacial score (nSPS) is 16.5. The summed E-state index contributed by atoms with van der Waals surface area (Å²) in [6, 6.07) is 18.7. The zero-order valence-electron chi connectivity index (χ0n) is 13.8. The van der Waals surface area contributed by atoms with Gasteiger partial charge in [-0.2, -0.15) is 5.26 Å². The molecule has 1 atom stereocenters. The van der Waals surface area contributed by atoms with Gasteiger partial charge in [-0.3, -0.25) is 9.59 Å². The molecule has 2 aromatic carbocycles. The molecule has 1 saturated heterocycles. The van der Waals surface area contributed by atoms with Gasteiger partial charge in [0.05, 0.1) is 18.5 Å². The van der Waals surface area contributed by atoms with Crippen LogP contribution < -0.4 is 5.32 Å². The van der Waals surface area contributed by atoms with Gasteiger partial charge in [0, 0.05) is 25.1 Å². The van der Waals surface area contributed by atoms with Crippen LogP contribution in [0, 0.1) is 11.3 Å². The number of benzene rings is 2. The van der Waals surface area contributed by atoms with Crippen LogP contribution in [0.5, 0.6) is 0 Å². The van der Waals surface area contributed by atoms with Crippen molar-refractivity contribution in [3.05, 3.63) is 71.3 Å². The number of nitriles is 1. The number of nitrogens with zero attached hydrogens (tertiary/aromatic N) is 2. The smallest absolute Gasteiger partial charge is 0.251 e. The Morgan fingerprint density at radius 3 is 2.68 bits per heavy atom. The van der Waals surface area contributed by atoms with Gasteiger partial charge in [-0.25, -0.2) is 0 Å². The first kappa shape index (κ1) is 16.7. The number of amides is 2. The average Bonchev–Trinajstić information content (AvgIpc) is 2.95. The Morgan fingerprint density at radius 1 is 1.16 bits per heavy atom. The minimum Gasteiger partial charge on any atom is -0.347 e. The van der Waals surface area contributed by atoms with Gasteiger partial charge in [0.15, 0.2) is 0 Å². The molecule has 0 aliphatic carbocycles.